The van der Waals surface area contributed by atoms with Gasteiger partial charge in [-0.15, -0.1) is 0 Å². The molecule has 0 N–H and O–H groups in total. The lowest BCUT2D eigenvalue weighted by Crippen LogP contribution is -2.48. The van der Waals surface area contributed by atoms with Gasteiger partial charge < -0.3 is 9.80 Å². The highest BCUT2D eigenvalue weighted by Crippen LogP contribution is 2.28. The zero-order chi connectivity index (χ0) is 21.5. The minimum absolute atomic E-state index is 0.115. The van der Waals surface area contributed by atoms with Crippen molar-refractivity contribution in [2.45, 2.75) is 6.92 Å². The minimum Gasteiger partial charge on any atom is -0.368 e. The molecule has 2 saturated heterocycles. The van der Waals surface area contributed by atoms with Gasteiger partial charge in [0.2, 0.25) is 15.9 Å². The second kappa shape index (κ2) is 7.92. The maximum Gasteiger partial charge on any atom is 0.253 e. The molecule has 1 unspecified atom stereocenters. The van der Waals surface area contributed by atoms with Crippen LogP contribution in [0.1, 0.15) is 17.3 Å². The summed E-state index contributed by atoms with van der Waals surface area (Å²) in [5, 5.41) is 0.680. The Morgan fingerprint density at radius 3 is 2.23 bits per heavy atom. The largest absolute Gasteiger partial charge is 0.368 e. The normalized spacial score (nSPS) is 21.2. The summed E-state index contributed by atoms with van der Waals surface area (Å²) >= 11 is 6.06. The third-order valence-electron chi connectivity index (χ3n) is 5.45. The number of rotatable bonds is 3. The first kappa shape index (κ1) is 20.7. The molecular weight excluding hydrogens is 426 g/mol. The highest BCUT2D eigenvalue weighted by atomic mass is 35.5. The van der Waals surface area contributed by atoms with Gasteiger partial charge in [0.05, 0.1) is 17.4 Å². The number of hydrogen-bond acceptors (Lipinski definition) is 5. The number of benzene rings is 2. The molecule has 2 amide bonds. The zero-order valence-electron chi connectivity index (χ0n) is 16.5. The van der Waals surface area contributed by atoms with Gasteiger partial charge in [-0.3, -0.25) is 9.59 Å². The average Bonchev–Trinajstić information content (AvgIpc) is 2.94. The van der Waals surface area contributed by atoms with E-state index >= 15 is 0 Å². The van der Waals surface area contributed by atoms with Crippen LogP contribution in [-0.4, -0.2) is 57.1 Å². The van der Waals surface area contributed by atoms with Gasteiger partial charge >= 0.3 is 0 Å². The highest BCUT2D eigenvalue weighted by Gasteiger charge is 2.41. The van der Waals surface area contributed by atoms with Gasteiger partial charge in [0.25, 0.3) is 5.91 Å². The number of halogens is 1. The van der Waals surface area contributed by atoms with Crippen LogP contribution in [-0.2, 0) is 14.8 Å². The van der Waals surface area contributed by atoms with E-state index in [0.29, 0.717) is 36.8 Å². The van der Waals surface area contributed by atoms with Crippen molar-refractivity contribution in [3.8, 4) is 0 Å². The first-order valence-electron chi connectivity index (χ1n) is 9.73. The Hall–Kier alpha value is -2.58. The predicted molar refractivity (Wildman–Crippen MR) is 116 cm³/mol. The smallest absolute Gasteiger partial charge is 0.253 e. The van der Waals surface area contributed by atoms with Gasteiger partial charge in [-0.2, -0.15) is 0 Å². The fourth-order valence-electron chi connectivity index (χ4n) is 3.85. The van der Waals surface area contributed by atoms with E-state index < -0.39 is 21.8 Å². The number of nitrogens with zero attached hydrogens (tertiary/aromatic N) is 3. The number of piperazine rings is 1. The number of sulfonamides is 1. The van der Waals surface area contributed by atoms with E-state index in [2.05, 4.69) is 4.90 Å². The van der Waals surface area contributed by atoms with Crippen LogP contribution in [0.25, 0.3) is 0 Å². The van der Waals surface area contributed by atoms with Crippen LogP contribution in [0, 0.1) is 5.92 Å². The molecule has 158 valence electrons. The van der Waals surface area contributed by atoms with Gasteiger partial charge in [0.15, 0.2) is 0 Å². The van der Waals surface area contributed by atoms with Crippen molar-refractivity contribution in [1.29, 1.82) is 0 Å². The van der Waals surface area contributed by atoms with Crippen LogP contribution < -0.4 is 9.21 Å². The third-order valence-corrected chi connectivity index (χ3v) is 7.55. The van der Waals surface area contributed by atoms with Crippen molar-refractivity contribution in [1.82, 2.24) is 4.90 Å². The molecule has 7 nitrogen and oxygen atoms in total. The first-order valence-corrected chi connectivity index (χ1v) is 11.7. The molecule has 0 aliphatic carbocycles. The molecule has 2 aromatic rings. The standard InChI is InChI=1S/C21H22ClN3O4S/c1-15-14-30(28,29)25(20(15)26)18-7-5-16(6-8-18)21(27)24-11-9-23(10-12-24)19-4-2-3-17(22)13-19/h2-8,13,15H,9-12,14H2,1H3. The van der Waals surface area contributed by atoms with E-state index in [0.717, 1.165) is 9.99 Å². The Balaban J connectivity index is 1.43. The van der Waals surface area contributed by atoms with Crippen molar-refractivity contribution in [3.63, 3.8) is 0 Å². The highest BCUT2D eigenvalue weighted by molar-refractivity contribution is 7.94. The van der Waals surface area contributed by atoms with Crippen LogP contribution >= 0.6 is 11.6 Å². The molecule has 2 heterocycles. The second-order valence-electron chi connectivity index (χ2n) is 7.59. The molecule has 30 heavy (non-hydrogen) atoms. The molecule has 2 fully saturated rings. The third kappa shape index (κ3) is 3.89. The molecule has 9 heteroatoms. The van der Waals surface area contributed by atoms with E-state index in [1.54, 1.807) is 24.0 Å². The number of hydrogen-bond donors (Lipinski definition) is 0. The monoisotopic (exact) mass is 447 g/mol. The quantitative estimate of drug-likeness (QED) is 0.722. The summed E-state index contributed by atoms with van der Waals surface area (Å²) < 4.78 is 25.3. The number of carbonyl (C=O) groups excluding carboxylic acids is 2. The van der Waals surface area contributed by atoms with Crippen LogP contribution in [0.2, 0.25) is 5.02 Å². The Morgan fingerprint density at radius 2 is 1.67 bits per heavy atom. The van der Waals surface area contributed by atoms with Gasteiger partial charge in [-0.25, -0.2) is 12.7 Å². The lowest BCUT2D eigenvalue weighted by Gasteiger charge is -2.36. The van der Waals surface area contributed by atoms with Crippen molar-refractivity contribution in [3.05, 3.63) is 59.1 Å². The molecule has 1 atom stereocenters. The first-order chi connectivity index (χ1) is 14.3. The van der Waals surface area contributed by atoms with Gasteiger partial charge in [-0.1, -0.05) is 24.6 Å². The summed E-state index contributed by atoms with van der Waals surface area (Å²) in [6.07, 6.45) is 0. The summed E-state index contributed by atoms with van der Waals surface area (Å²) in [6, 6.07) is 13.8. The minimum atomic E-state index is -3.65. The van der Waals surface area contributed by atoms with Crippen molar-refractivity contribution >= 4 is 44.8 Å². The van der Waals surface area contributed by atoms with Crippen molar-refractivity contribution in [2.75, 3.05) is 41.1 Å². The SMILES string of the molecule is CC1CS(=O)(=O)N(c2ccc(C(=O)N3CCN(c4cccc(Cl)c4)CC3)cc2)C1=O. The van der Waals surface area contributed by atoms with Crippen molar-refractivity contribution in [2.24, 2.45) is 5.92 Å². The van der Waals surface area contributed by atoms with E-state index in [9.17, 15) is 18.0 Å². The summed E-state index contributed by atoms with van der Waals surface area (Å²) in [5.74, 6) is -1.31. The fraction of sp³-hybridized carbons (Fsp3) is 0.333. The predicted octanol–water partition coefficient (Wildman–Crippen LogP) is 2.61. The molecule has 2 aromatic carbocycles. The van der Waals surface area contributed by atoms with E-state index in [-0.39, 0.29) is 17.3 Å². The molecule has 0 spiro atoms. The Bertz CT molecular complexity index is 1080. The lowest BCUT2D eigenvalue weighted by atomic mass is 10.1. The van der Waals surface area contributed by atoms with Crippen molar-refractivity contribution < 1.29 is 18.0 Å². The molecule has 4 rings (SSSR count). The maximum absolute atomic E-state index is 12.9. The van der Waals surface area contributed by atoms with E-state index in [1.165, 1.54) is 12.1 Å². The molecule has 0 radical (unpaired) electrons. The van der Waals surface area contributed by atoms with Crippen LogP contribution in [0.3, 0.4) is 0 Å². The maximum atomic E-state index is 12.9. The molecule has 0 aromatic heterocycles. The molecule has 2 aliphatic heterocycles. The number of carbonyl (C=O) groups is 2. The summed E-state index contributed by atoms with van der Waals surface area (Å²) in [7, 11) is -3.65. The number of anilines is 2. The second-order valence-corrected chi connectivity index (χ2v) is 9.89. The topological polar surface area (TPSA) is 78.0 Å². The zero-order valence-corrected chi connectivity index (χ0v) is 18.1. The summed E-state index contributed by atoms with van der Waals surface area (Å²) in [6.45, 7) is 4.14. The summed E-state index contributed by atoms with van der Waals surface area (Å²) in [5.41, 5.74) is 1.77. The lowest BCUT2D eigenvalue weighted by molar-refractivity contribution is -0.119. The van der Waals surface area contributed by atoms with Gasteiger partial charge in [0, 0.05) is 42.5 Å². The number of amides is 2. The van der Waals surface area contributed by atoms with Crippen LogP contribution in [0.5, 0.6) is 0 Å². The average molecular weight is 448 g/mol. The van der Waals surface area contributed by atoms with Gasteiger partial charge in [0.1, 0.15) is 0 Å². The molecule has 0 saturated carbocycles. The Labute approximate surface area is 180 Å². The van der Waals surface area contributed by atoms with Crippen LogP contribution in [0.15, 0.2) is 48.5 Å². The van der Waals surface area contributed by atoms with E-state index in [1.807, 2.05) is 24.3 Å². The Morgan fingerprint density at radius 1 is 1.00 bits per heavy atom. The summed E-state index contributed by atoms with van der Waals surface area (Å²) in [4.78, 5) is 29.0. The van der Waals surface area contributed by atoms with Crippen LogP contribution in [0.4, 0.5) is 11.4 Å². The van der Waals surface area contributed by atoms with E-state index in [4.69, 9.17) is 11.6 Å². The molecule has 0 bridgehead atoms. The molecular formula is C21H22ClN3O4S. The fourth-order valence-corrected chi connectivity index (χ4v) is 5.85. The van der Waals surface area contributed by atoms with Gasteiger partial charge in [-0.05, 0) is 42.5 Å². The molecule has 2 aliphatic rings. The Kier molecular flexibility index (Phi) is 5.46.